The molecule has 1 aromatic rings. The molecule has 0 saturated carbocycles. The number of benzene rings is 1. The van der Waals surface area contributed by atoms with Gasteiger partial charge in [-0.05, 0) is 31.9 Å². The van der Waals surface area contributed by atoms with Gasteiger partial charge in [-0.15, -0.1) is 0 Å². The number of aliphatic carboxylic acids is 1. The fraction of sp³-hybridized carbons (Fsp3) is 0.444. The second kappa shape index (κ2) is 6.66. The molecule has 2 amide bonds. The average molecular weight is 343 g/mol. The number of carboxylic acids is 1. The molecule has 0 bridgehead atoms. The van der Waals surface area contributed by atoms with E-state index in [1.54, 1.807) is 36.1 Å². The van der Waals surface area contributed by atoms with Crippen LogP contribution in [0, 0.1) is 5.41 Å². The summed E-state index contributed by atoms with van der Waals surface area (Å²) in [5, 5.41) is 14.9. The summed E-state index contributed by atoms with van der Waals surface area (Å²) in [6.45, 7) is 2.34. The van der Waals surface area contributed by atoms with E-state index in [0.717, 1.165) is 0 Å². The van der Waals surface area contributed by atoms with Crippen molar-refractivity contribution in [2.75, 3.05) is 18.1 Å². The summed E-state index contributed by atoms with van der Waals surface area (Å²) in [4.78, 5) is 38.0. The van der Waals surface area contributed by atoms with Crippen molar-refractivity contribution in [2.45, 2.75) is 32.6 Å². The highest BCUT2D eigenvalue weighted by Gasteiger charge is 2.40. The van der Waals surface area contributed by atoms with E-state index in [9.17, 15) is 19.5 Å². The molecule has 2 aliphatic heterocycles. The van der Waals surface area contributed by atoms with Crippen molar-refractivity contribution >= 4 is 29.2 Å². The first-order valence-electron chi connectivity index (χ1n) is 8.39. The molecule has 3 rings (SSSR count). The number of likely N-dealkylation sites (tertiary alicyclic amines) is 1. The van der Waals surface area contributed by atoms with Gasteiger partial charge in [-0.1, -0.05) is 18.2 Å². The van der Waals surface area contributed by atoms with Crippen LogP contribution >= 0.6 is 0 Å². The largest absolute Gasteiger partial charge is 0.481 e. The summed E-state index contributed by atoms with van der Waals surface area (Å²) >= 11 is 0. The van der Waals surface area contributed by atoms with Crippen LogP contribution in [0.5, 0.6) is 0 Å². The first kappa shape index (κ1) is 17.1. The Morgan fingerprint density at radius 1 is 1.20 bits per heavy atom. The second-order valence-electron chi connectivity index (χ2n) is 6.78. The van der Waals surface area contributed by atoms with Crippen molar-refractivity contribution < 1.29 is 19.5 Å². The van der Waals surface area contributed by atoms with Crippen LogP contribution in [-0.2, 0) is 14.4 Å². The van der Waals surface area contributed by atoms with Gasteiger partial charge in [0.25, 0.3) is 5.91 Å². The van der Waals surface area contributed by atoms with Gasteiger partial charge >= 0.3 is 5.97 Å². The molecule has 0 aliphatic carbocycles. The van der Waals surface area contributed by atoms with Gasteiger partial charge in [0.15, 0.2) is 0 Å². The normalized spacial score (nSPS) is 24.0. The molecule has 132 valence electrons. The highest BCUT2D eigenvalue weighted by Crippen LogP contribution is 2.30. The maximum absolute atomic E-state index is 12.8. The fourth-order valence-electron chi connectivity index (χ4n) is 3.25. The van der Waals surface area contributed by atoms with Crippen LogP contribution in [0.1, 0.15) is 32.6 Å². The molecule has 0 aromatic heterocycles. The summed E-state index contributed by atoms with van der Waals surface area (Å²) in [6.07, 6.45) is 1.68. The summed E-state index contributed by atoms with van der Waals surface area (Å²) in [6, 6.07) is 8.97. The minimum Gasteiger partial charge on any atom is -0.481 e. The Labute approximate surface area is 145 Å². The van der Waals surface area contributed by atoms with Gasteiger partial charge in [0.05, 0.1) is 11.1 Å². The number of carbonyl (C=O) groups excluding carboxylic acids is 2. The number of carboxylic acid groups (broad SMARTS) is 1. The number of piperidine rings is 1. The van der Waals surface area contributed by atoms with E-state index in [1.165, 1.54) is 5.01 Å². The third-order valence-corrected chi connectivity index (χ3v) is 4.78. The van der Waals surface area contributed by atoms with Crippen LogP contribution in [-0.4, -0.2) is 46.6 Å². The van der Waals surface area contributed by atoms with E-state index in [4.69, 9.17) is 0 Å². The summed E-state index contributed by atoms with van der Waals surface area (Å²) < 4.78 is 0. The number of amides is 2. The number of hydrazone groups is 1. The molecule has 1 N–H and O–H groups in total. The van der Waals surface area contributed by atoms with Crippen molar-refractivity contribution in [2.24, 2.45) is 10.5 Å². The van der Waals surface area contributed by atoms with Crippen LogP contribution in [0.3, 0.4) is 0 Å². The smallest absolute Gasteiger partial charge is 0.311 e. The molecule has 7 nitrogen and oxygen atoms in total. The number of rotatable bonds is 3. The Bertz CT molecular complexity index is 731. The Kier molecular flexibility index (Phi) is 4.57. The third-order valence-electron chi connectivity index (χ3n) is 4.78. The minimum atomic E-state index is -0.932. The molecule has 2 heterocycles. The number of hydrogen-bond acceptors (Lipinski definition) is 4. The van der Waals surface area contributed by atoms with Gasteiger partial charge < -0.3 is 10.0 Å². The van der Waals surface area contributed by atoms with E-state index < -0.39 is 11.4 Å². The number of anilines is 1. The van der Waals surface area contributed by atoms with Gasteiger partial charge in [0, 0.05) is 25.9 Å². The predicted octanol–water partition coefficient (Wildman–Crippen LogP) is 1.88. The Morgan fingerprint density at radius 3 is 2.60 bits per heavy atom. The minimum absolute atomic E-state index is 0.156. The van der Waals surface area contributed by atoms with Gasteiger partial charge in [0.2, 0.25) is 5.91 Å². The van der Waals surface area contributed by atoms with Crippen molar-refractivity contribution in [1.29, 1.82) is 0 Å². The molecule has 2 aliphatic rings. The van der Waals surface area contributed by atoms with E-state index in [1.807, 2.05) is 6.07 Å². The molecule has 1 aromatic carbocycles. The maximum atomic E-state index is 12.8. The molecule has 25 heavy (non-hydrogen) atoms. The average Bonchev–Trinajstić information content (AvgIpc) is 2.62. The SMILES string of the molecule is CC1(C(=O)O)CCCN(C(=O)C2=NN(c3ccccc3)C(=O)CC2)C1. The summed E-state index contributed by atoms with van der Waals surface area (Å²) in [5.41, 5.74) is -0.0115. The number of para-hydroxylation sites is 1. The zero-order valence-corrected chi connectivity index (χ0v) is 14.1. The second-order valence-corrected chi connectivity index (χ2v) is 6.78. The van der Waals surface area contributed by atoms with Crippen LogP contribution in [0.2, 0.25) is 0 Å². The van der Waals surface area contributed by atoms with E-state index in [0.29, 0.717) is 30.8 Å². The van der Waals surface area contributed by atoms with Crippen LogP contribution < -0.4 is 5.01 Å². The van der Waals surface area contributed by atoms with Gasteiger partial charge in [-0.3, -0.25) is 14.4 Å². The molecule has 1 fully saturated rings. The highest BCUT2D eigenvalue weighted by molar-refractivity contribution is 6.40. The Hall–Kier alpha value is -2.70. The Morgan fingerprint density at radius 2 is 1.92 bits per heavy atom. The summed E-state index contributed by atoms with van der Waals surface area (Å²) in [5.74, 6) is -1.32. The van der Waals surface area contributed by atoms with Gasteiger partial charge in [-0.2, -0.15) is 5.10 Å². The first-order chi connectivity index (χ1) is 11.9. The van der Waals surface area contributed by atoms with Crippen molar-refractivity contribution in [3.05, 3.63) is 30.3 Å². The quantitative estimate of drug-likeness (QED) is 0.907. The highest BCUT2D eigenvalue weighted by atomic mass is 16.4. The number of carbonyl (C=O) groups is 3. The molecule has 1 saturated heterocycles. The van der Waals surface area contributed by atoms with Crippen LogP contribution in [0.25, 0.3) is 0 Å². The van der Waals surface area contributed by atoms with Gasteiger partial charge in [-0.25, -0.2) is 5.01 Å². The van der Waals surface area contributed by atoms with Crippen LogP contribution in [0.4, 0.5) is 5.69 Å². The molecular weight excluding hydrogens is 322 g/mol. The lowest BCUT2D eigenvalue weighted by Crippen LogP contribution is -2.51. The van der Waals surface area contributed by atoms with Gasteiger partial charge in [0.1, 0.15) is 5.71 Å². The van der Waals surface area contributed by atoms with Crippen LogP contribution in [0.15, 0.2) is 35.4 Å². The topological polar surface area (TPSA) is 90.3 Å². The predicted molar refractivity (Wildman–Crippen MR) is 92.2 cm³/mol. The lowest BCUT2D eigenvalue weighted by molar-refractivity contribution is -0.152. The molecule has 1 atom stereocenters. The third kappa shape index (κ3) is 3.40. The molecule has 7 heteroatoms. The number of nitrogens with zero attached hydrogens (tertiary/aromatic N) is 3. The molecule has 1 unspecified atom stereocenters. The van der Waals surface area contributed by atoms with E-state index >= 15 is 0 Å². The molecule has 0 radical (unpaired) electrons. The molecular formula is C18H21N3O4. The zero-order valence-electron chi connectivity index (χ0n) is 14.1. The zero-order chi connectivity index (χ0) is 18.0. The van der Waals surface area contributed by atoms with Crippen molar-refractivity contribution in [1.82, 2.24) is 4.90 Å². The van der Waals surface area contributed by atoms with E-state index in [2.05, 4.69) is 5.10 Å². The monoisotopic (exact) mass is 343 g/mol. The van der Waals surface area contributed by atoms with E-state index in [-0.39, 0.29) is 31.2 Å². The first-order valence-corrected chi connectivity index (χ1v) is 8.39. The molecule has 0 spiro atoms. The lowest BCUT2D eigenvalue weighted by Gasteiger charge is -2.38. The fourth-order valence-corrected chi connectivity index (χ4v) is 3.25. The van der Waals surface area contributed by atoms with Crippen molar-refractivity contribution in [3.63, 3.8) is 0 Å². The standard InChI is InChI=1S/C18H21N3O4/c1-18(17(24)25)10-5-11-20(12-18)16(23)14-8-9-15(22)21(19-14)13-6-3-2-4-7-13/h2-4,6-7H,5,8-12H2,1H3,(H,24,25). The maximum Gasteiger partial charge on any atom is 0.311 e. The Balaban J connectivity index is 1.82. The van der Waals surface area contributed by atoms with Crippen molar-refractivity contribution in [3.8, 4) is 0 Å². The lowest BCUT2D eigenvalue weighted by atomic mass is 9.82. The number of hydrogen-bond donors (Lipinski definition) is 1. The summed E-state index contributed by atoms with van der Waals surface area (Å²) in [7, 11) is 0.